The fraction of sp³-hybridized carbons (Fsp3) is 0.500. The molecule has 0 radical (unpaired) electrons. The van der Waals surface area contributed by atoms with Crippen molar-refractivity contribution < 1.29 is 4.74 Å². The summed E-state index contributed by atoms with van der Waals surface area (Å²) in [6, 6.07) is 7.77. The molecule has 1 aliphatic heterocycles. The van der Waals surface area contributed by atoms with Crippen molar-refractivity contribution in [3.63, 3.8) is 0 Å². The molecule has 21 heavy (non-hydrogen) atoms. The van der Waals surface area contributed by atoms with E-state index in [1.165, 1.54) is 0 Å². The number of aromatic nitrogens is 2. The number of nitrogens with zero attached hydrogens (tertiary/aromatic N) is 3. The molecule has 2 heterocycles. The summed E-state index contributed by atoms with van der Waals surface area (Å²) in [7, 11) is 3.54. The number of ether oxygens (including phenoxy) is 1. The van der Waals surface area contributed by atoms with E-state index >= 15 is 0 Å². The Morgan fingerprint density at radius 1 is 1.38 bits per heavy atom. The molecule has 1 aromatic heterocycles. The monoisotopic (exact) mass is 287 g/mol. The van der Waals surface area contributed by atoms with Gasteiger partial charge in [0.2, 0.25) is 0 Å². The van der Waals surface area contributed by atoms with Crippen molar-refractivity contribution in [3.8, 4) is 0 Å². The average Bonchev–Trinajstić information content (AvgIpc) is 2.97. The van der Waals surface area contributed by atoms with Gasteiger partial charge in [-0.15, -0.1) is 0 Å². The first-order valence-corrected chi connectivity index (χ1v) is 7.41. The second-order valence-corrected chi connectivity index (χ2v) is 5.54. The molecule has 112 valence electrons. The van der Waals surface area contributed by atoms with Crippen LogP contribution in [0.2, 0.25) is 0 Å². The van der Waals surface area contributed by atoms with Crippen molar-refractivity contribution in [1.82, 2.24) is 14.5 Å². The Morgan fingerprint density at radius 2 is 2.19 bits per heavy atom. The molecule has 1 aromatic carbocycles. The molecule has 5 nitrogen and oxygen atoms in total. The third kappa shape index (κ3) is 2.59. The zero-order valence-electron chi connectivity index (χ0n) is 12.6. The molecule has 1 unspecified atom stereocenters. The number of hydrogen-bond donors (Lipinski definition) is 0. The predicted octanol–water partition coefficient (Wildman–Crippen LogP) is 1.72. The van der Waals surface area contributed by atoms with Crippen LogP contribution < -0.4 is 5.56 Å². The van der Waals surface area contributed by atoms with Crippen molar-refractivity contribution in [3.05, 3.63) is 40.4 Å². The van der Waals surface area contributed by atoms with Crippen LogP contribution in [-0.4, -0.2) is 41.3 Å². The lowest BCUT2D eigenvalue weighted by Gasteiger charge is -2.25. The fourth-order valence-electron chi connectivity index (χ4n) is 3.13. The Balaban J connectivity index is 2.03. The van der Waals surface area contributed by atoms with E-state index in [0.29, 0.717) is 12.0 Å². The van der Waals surface area contributed by atoms with E-state index in [4.69, 9.17) is 9.72 Å². The van der Waals surface area contributed by atoms with Gasteiger partial charge in [-0.3, -0.25) is 14.3 Å². The van der Waals surface area contributed by atoms with Gasteiger partial charge < -0.3 is 4.74 Å². The van der Waals surface area contributed by atoms with Crippen molar-refractivity contribution in [2.75, 3.05) is 26.8 Å². The van der Waals surface area contributed by atoms with Gasteiger partial charge in [0.1, 0.15) is 5.82 Å². The Hall–Kier alpha value is -1.72. The Labute approximate surface area is 124 Å². The van der Waals surface area contributed by atoms with E-state index in [0.717, 1.165) is 37.3 Å². The molecule has 0 bridgehead atoms. The van der Waals surface area contributed by atoms with Crippen LogP contribution in [0.1, 0.15) is 24.7 Å². The number of benzene rings is 1. The summed E-state index contributed by atoms with van der Waals surface area (Å²) in [4.78, 5) is 19.6. The van der Waals surface area contributed by atoms with E-state index in [-0.39, 0.29) is 11.6 Å². The van der Waals surface area contributed by atoms with E-state index in [2.05, 4.69) is 4.90 Å². The van der Waals surface area contributed by atoms with Gasteiger partial charge in [-0.2, -0.15) is 0 Å². The smallest absolute Gasteiger partial charge is 0.261 e. The van der Waals surface area contributed by atoms with Crippen molar-refractivity contribution >= 4 is 10.9 Å². The lowest BCUT2D eigenvalue weighted by molar-refractivity contribution is 0.138. The maximum Gasteiger partial charge on any atom is 0.261 e. The van der Waals surface area contributed by atoms with Gasteiger partial charge in [0.05, 0.1) is 23.6 Å². The summed E-state index contributed by atoms with van der Waals surface area (Å²) < 4.78 is 6.89. The van der Waals surface area contributed by atoms with Gasteiger partial charge in [-0.1, -0.05) is 12.1 Å². The van der Waals surface area contributed by atoms with Crippen LogP contribution in [0.5, 0.6) is 0 Å². The van der Waals surface area contributed by atoms with E-state index < -0.39 is 0 Å². The number of rotatable bonds is 4. The van der Waals surface area contributed by atoms with Gasteiger partial charge in [0, 0.05) is 20.7 Å². The highest BCUT2D eigenvalue weighted by Crippen LogP contribution is 2.30. The third-order valence-corrected chi connectivity index (χ3v) is 4.26. The first-order chi connectivity index (χ1) is 10.2. The summed E-state index contributed by atoms with van der Waals surface area (Å²) in [5, 5.41) is 0.685. The molecule has 0 amide bonds. The minimum atomic E-state index is 0.0363. The molecule has 1 aliphatic rings. The lowest BCUT2D eigenvalue weighted by Crippen LogP contribution is -2.32. The number of para-hydroxylation sites is 1. The zero-order chi connectivity index (χ0) is 14.8. The second kappa shape index (κ2) is 5.95. The molecule has 1 fully saturated rings. The van der Waals surface area contributed by atoms with Gasteiger partial charge >= 0.3 is 0 Å². The quantitative estimate of drug-likeness (QED) is 0.859. The van der Waals surface area contributed by atoms with E-state index in [1.807, 2.05) is 31.3 Å². The van der Waals surface area contributed by atoms with Gasteiger partial charge in [0.25, 0.3) is 5.56 Å². The summed E-state index contributed by atoms with van der Waals surface area (Å²) >= 11 is 0. The van der Waals surface area contributed by atoms with Crippen LogP contribution in [0.4, 0.5) is 0 Å². The summed E-state index contributed by atoms with van der Waals surface area (Å²) in [6.45, 7) is 2.62. The molecule has 1 atom stereocenters. The predicted molar refractivity (Wildman–Crippen MR) is 82.4 cm³/mol. The second-order valence-electron chi connectivity index (χ2n) is 5.54. The van der Waals surface area contributed by atoms with Crippen LogP contribution in [0.15, 0.2) is 29.1 Å². The van der Waals surface area contributed by atoms with Gasteiger partial charge in [0.15, 0.2) is 0 Å². The molecule has 0 N–H and O–H groups in total. The van der Waals surface area contributed by atoms with Crippen LogP contribution in [0, 0.1) is 0 Å². The van der Waals surface area contributed by atoms with Crippen LogP contribution in [0.25, 0.3) is 10.9 Å². The third-order valence-electron chi connectivity index (χ3n) is 4.26. The zero-order valence-corrected chi connectivity index (χ0v) is 12.6. The van der Waals surface area contributed by atoms with Crippen molar-refractivity contribution in [2.24, 2.45) is 7.05 Å². The Kier molecular flexibility index (Phi) is 4.03. The maximum atomic E-state index is 12.5. The Bertz CT molecular complexity index is 695. The first kappa shape index (κ1) is 14.2. The van der Waals surface area contributed by atoms with Crippen LogP contribution in [-0.2, 0) is 11.8 Å². The number of fused-ring (bicyclic) bond motifs is 1. The SMILES string of the molecule is COCCN1CCCC1c1nc2ccccc2c(=O)n1C. The summed E-state index contributed by atoms with van der Waals surface area (Å²) in [5.74, 6) is 0.868. The Morgan fingerprint density at radius 3 is 3.00 bits per heavy atom. The number of methoxy groups -OCH3 is 1. The highest BCUT2D eigenvalue weighted by atomic mass is 16.5. The van der Waals surface area contributed by atoms with Crippen molar-refractivity contribution in [1.29, 1.82) is 0 Å². The molecule has 1 saturated heterocycles. The fourth-order valence-corrected chi connectivity index (χ4v) is 3.13. The first-order valence-electron chi connectivity index (χ1n) is 7.41. The van der Waals surface area contributed by atoms with Crippen LogP contribution in [0.3, 0.4) is 0 Å². The number of hydrogen-bond acceptors (Lipinski definition) is 4. The van der Waals surface area contributed by atoms with Crippen molar-refractivity contribution in [2.45, 2.75) is 18.9 Å². The molecular weight excluding hydrogens is 266 g/mol. The largest absolute Gasteiger partial charge is 0.383 e. The molecule has 0 saturated carbocycles. The standard InChI is InChI=1S/C16H21N3O2/c1-18-15(14-8-5-9-19(14)10-11-21-2)17-13-7-4-3-6-12(13)16(18)20/h3-4,6-7,14H,5,8-11H2,1-2H3. The minimum Gasteiger partial charge on any atom is -0.383 e. The molecule has 3 rings (SSSR count). The van der Waals surface area contributed by atoms with Crippen LogP contribution >= 0.6 is 0 Å². The normalized spacial score (nSPS) is 19.4. The molecule has 5 heteroatoms. The van der Waals surface area contributed by atoms with E-state index in [1.54, 1.807) is 11.7 Å². The summed E-state index contributed by atoms with van der Waals surface area (Å²) in [5.41, 5.74) is 0.823. The molecule has 2 aromatic rings. The number of likely N-dealkylation sites (tertiary alicyclic amines) is 1. The highest BCUT2D eigenvalue weighted by molar-refractivity contribution is 5.77. The topological polar surface area (TPSA) is 47.4 Å². The minimum absolute atomic E-state index is 0.0363. The molecule has 0 aliphatic carbocycles. The molecular formula is C16H21N3O2. The molecule has 0 spiro atoms. The van der Waals surface area contributed by atoms with Gasteiger partial charge in [-0.25, -0.2) is 4.98 Å². The average molecular weight is 287 g/mol. The maximum absolute atomic E-state index is 12.5. The lowest BCUT2D eigenvalue weighted by atomic mass is 10.1. The summed E-state index contributed by atoms with van der Waals surface area (Å²) in [6.07, 6.45) is 2.18. The van der Waals surface area contributed by atoms with Gasteiger partial charge in [-0.05, 0) is 31.5 Å². The van der Waals surface area contributed by atoms with E-state index in [9.17, 15) is 4.79 Å². The highest BCUT2D eigenvalue weighted by Gasteiger charge is 2.29.